The van der Waals surface area contributed by atoms with E-state index in [1.54, 1.807) is 30.6 Å². The predicted octanol–water partition coefficient (Wildman–Crippen LogP) is 5.26. The van der Waals surface area contributed by atoms with Gasteiger partial charge in [0.2, 0.25) is 11.8 Å². The number of oxazole rings is 1. The summed E-state index contributed by atoms with van der Waals surface area (Å²) in [6, 6.07) is 12.8. The minimum absolute atomic E-state index is 0.0518. The average Bonchev–Trinajstić information content (AvgIpc) is 3.85. The molecule has 6 aromatic rings. The first-order chi connectivity index (χ1) is 28.3. The third-order valence-electron chi connectivity index (χ3n) is 11.3. The average molecular weight is 793 g/mol. The second kappa shape index (κ2) is 16.2. The zero-order chi connectivity index (χ0) is 39.8. The van der Waals surface area contributed by atoms with Crippen molar-refractivity contribution in [3.8, 4) is 28.1 Å². The molecule has 1 unspecified atom stereocenters. The molecule has 0 bridgehead atoms. The van der Waals surface area contributed by atoms with Crippen molar-refractivity contribution in [3.63, 3.8) is 0 Å². The van der Waals surface area contributed by atoms with Crippen LogP contribution in [0.3, 0.4) is 0 Å². The number of hydrogen-bond donors (Lipinski definition) is 1. The lowest BCUT2D eigenvalue weighted by Gasteiger charge is -2.32. The van der Waals surface area contributed by atoms with Crippen molar-refractivity contribution < 1.29 is 32.3 Å². The van der Waals surface area contributed by atoms with Crippen LogP contribution < -0.4 is 15.8 Å². The first-order valence-electron chi connectivity index (χ1n) is 19.7. The highest BCUT2D eigenvalue weighted by Crippen LogP contribution is 2.32. The van der Waals surface area contributed by atoms with Crippen LogP contribution in [0.1, 0.15) is 49.8 Å². The molecule has 1 atom stereocenters. The van der Waals surface area contributed by atoms with E-state index in [0.717, 1.165) is 44.5 Å². The smallest absolute Gasteiger partial charge is 0.420 e. The summed E-state index contributed by atoms with van der Waals surface area (Å²) in [7, 11) is 0. The van der Waals surface area contributed by atoms with E-state index in [0.29, 0.717) is 77.6 Å². The fourth-order valence-corrected chi connectivity index (χ4v) is 8.18. The Morgan fingerprint density at radius 3 is 2.50 bits per heavy atom. The second-order valence-electron chi connectivity index (χ2n) is 15.1. The molecule has 3 fully saturated rings. The Bertz CT molecular complexity index is 2530. The van der Waals surface area contributed by atoms with Gasteiger partial charge in [0, 0.05) is 74.6 Å². The molecule has 3 aromatic carbocycles. The molecule has 16 heteroatoms. The van der Waals surface area contributed by atoms with E-state index in [-0.39, 0.29) is 36.9 Å². The lowest BCUT2D eigenvalue weighted by atomic mass is 10.0. The van der Waals surface area contributed by atoms with Crippen LogP contribution in [0.4, 0.5) is 8.78 Å². The topological polar surface area (TPSA) is 150 Å². The van der Waals surface area contributed by atoms with Crippen LogP contribution >= 0.6 is 0 Å². The van der Waals surface area contributed by atoms with Crippen molar-refractivity contribution in [1.82, 2.24) is 39.4 Å². The quantitative estimate of drug-likeness (QED) is 0.135. The van der Waals surface area contributed by atoms with Crippen LogP contribution in [0.25, 0.3) is 44.5 Å². The first kappa shape index (κ1) is 37.7. The van der Waals surface area contributed by atoms with E-state index in [1.165, 1.54) is 16.7 Å². The number of para-hydroxylation sites is 1. The van der Waals surface area contributed by atoms with E-state index in [2.05, 4.69) is 15.2 Å². The number of piperidine rings is 2. The number of morpholine rings is 1. The number of aromatic nitrogens is 5. The van der Waals surface area contributed by atoms with Crippen molar-refractivity contribution in [3.05, 3.63) is 94.9 Å². The highest BCUT2D eigenvalue weighted by molar-refractivity contribution is 6.00. The molecule has 1 N–H and O–H groups in total. The number of nitrogens with zero attached hydrogens (tertiary/aromatic N) is 7. The maximum Gasteiger partial charge on any atom is 0.420 e. The van der Waals surface area contributed by atoms with Crippen LogP contribution in [0.2, 0.25) is 0 Å². The number of nitrogens with one attached hydrogen (secondary N) is 1. The Morgan fingerprint density at radius 1 is 0.897 bits per heavy atom. The molecule has 2 amide bonds. The monoisotopic (exact) mass is 792 g/mol. The minimum atomic E-state index is -0.797. The number of carbonyl (C=O) groups is 2. The van der Waals surface area contributed by atoms with Crippen molar-refractivity contribution in [1.29, 1.82) is 0 Å². The molecular formula is C42H42F2N8O6. The molecule has 3 aliphatic rings. The van der Waals surface area contributed by atoms with Gasteiger partial charge in [-0.25, -0.2) is 18.6 Å². The fourth-order valence-electron chi connectivity index (χ4n) is 8.18. The third kappa shape index (κ3) is 7.74. The summed E-state index contributed by atoms with van der Waals surface area (Å²) in [6.45, 7) is 5.71. The highest BCUT2D eigenvalue weighted by atomic mass is 19.1. The van der Waals surface area contributed by atoms with E-state index < -0.39 is 29.3 Å². The molecule has 0 spiro atoms. The summed E-state index contributed by atoms with van der Waals surface area (Å²) >= 11 is 0. The van der Waals surface area contributed by atoms with Gasteiger partial charge in [0.15, 0.2) is 5.58 Å². The molecule has 0 aliphatic carbocycles. The lowest BCUT2D eigenvalue weighted by molar-refractivity contribution is -0.135. The Balaban J connectivity index is 0.794. The van der Waals surface area contributed by atoms with E-state index in [1.807, 2.05) is 34.0 Å². The maximum absolute atomic E-state index is 15.4. The number of imide groups is 1. The van der Waals surface area contributed by atoms with Gasteiger partial charge in [-0.15, -0.1) is 0 Å². The standard InChI is InChI=1S/C42H42F2N8O6/c43-32-19-26(20-33(44)31(32)25-50-14-17-56-18-15-50)30-3-1-4-34-40(30)47-35(23-45-34)27-22-46-51(24-27)28-9-12-49(13-10-28)11-2-16-57-29-5-6-36-38(21-29)58-42(55)52(36)37-7-8-39(53)48-41(37)54/h1,3-6,19-24,28,37H,2,7-18,25H2,(H,48,53,54). The lowest BCUT2D eigenvalue weighted by Crippen LogP contribution is -2.43. The molecule has 300 valence electrons. The largest absolute Gasteiger partial charge is 0.493 e. The SMILES string of the molecule is O=C1CCC(n2c(=O)oc3cc(OCCCN4CCC(n5cc(-c6cnc7cccc(-c8cc(F)c(CN9CCOCC9)c(F)c8)c7n6)cn5)CC4)ccc32)C(=O)N1. The van der Waals surface area contributed by atoms with Crippen molar-refractivity contribution in [2.75, 3.05) is 52.5 Å². The summed E-state index contributed by atoms with van der Waals surface area (Å²) < 4.78 is 50.8. The second-order valence-corrected chi connectivity index (χ2v) is 15.1. The molecule has 3 aromatic heterocycles. The molecule has 0 saturated carbocycles. The zero-order valence-corrected chi connectivity index (χ0v) is 31.7. The Hall–Kier alpha value is -5.84. The molecule has 3 aliphatic heterocycles. The van der Waals surface area contributed by atoms with E-state index in [4.69, 9.17) is 24.0 Å². The summed E-state index contributed by atoms with van der Waals surface area (Å²) in [6.07, 6.45) is 8.53. The van der Waals surface area contributed by atoms with Gasteiger partial charge in [0.05, 0.1) is 60.5 Å². The summed E-state index contributed by atoms with van der Waals surface area (Å²) in [4.78, 5) is 50.5. The van der Waals surface area contributed by atoms with Crippen LogP contribution in [-0.2, 0) is 20.9 Å². The minimum Gasteiger partial charge on any atom is -0.493 e. The molecule has 3 saturated heterocycles. The number of rotatable bonds is 11. The summed E-state index contributed by atoms with van der Waals surface area (Å²) in [5, 5.41) is 6.98. The normalized spacial score (nSPS) is 18.6. The van der Waals surface area contributed by atoms with Gasteiger partial charge in [-0.1, -0.05) is 12.1 Å². The first-order valence-corrected chi connectivity index (χ1v) is 19.7. The number of hydrogen-bond acceptors (Lipinski definition) is 11. The number of amides is 2. The van der Waals surface area contributed by atoms with Crippen LogP contribution in [0.5, 0.6) is 5.75 Å². The Labute approximate surface area is 331 Å². The fraction of sp³-hybridized carbons (Fsp3) is 0.381. The summed E-state index contributed by atoms with van der Waals surface area (Å²) in [5.74, 6) is -2.12. The zero-order valence-electron chi connectivity index (χ0n) is 31.7. The van der Waals surface area contributed by atoms with Crippen LogP contribution in [0.15, 0.2) is 76.3 Å². The van der Waals surface area contributed by atoms with Gasteiger partial charge < -0.3 is 18.8 Å². The number of likely N-dealkylation sites (tertiary alicyclic amines) is 1. The van der Waals surface area contributed by atoms with Gasteiger partial charge in [0.25, 0.3) is 0 Å². The number of halogens is 2. The Morgan fingerprint density at radius 2 is 1.71 bits per heavy atom. The molecule has 0 radical (unpaired) electrons. The van der Waals surface area contributed by atoms with E-state index in [9.17, 15) is 14.4 Å². The van der Waals surface area contributed by atoms with Crippen molar-refractivity contribution >= 4 is 33.9 Å². The van der Waals surface area contributed by atoms with Gasteiger partial charge in [-0.05, 0) is 61.6 Å². The van der Waals surface area contributed by atoms with E-state index >= 15 is 8.78 Å². The maximum atomic E-state index is 15.4. The number of benzene rings is 3. The number of carbonyl (C=O) groups excluding carboxylic acids is 2. The summed E-state index contributed by atoms with van der Waals surface area (Å²) in [5.41, 5.74) is 4.48. The Kier molecular flexibility index (Phi) is 10.5. The molecule has 58 heavy (non-hydrogen) atoms. The van der Waals surface area contributed by atoms with Crippen molar-refractivity contribution in [2.45, 2.75) is 50.7 Å². The van der Waals surface area contributed by atoms with Crippen LogP contribution in [-0.4, -0.2) is 98.5 Å². The molecule has 9 rings (SSSR count). The predicted molar refractivity (Wildman–Crippen MR) is 209 cm³/mol. The van der Waals surface area contributed by atoms with Gasteiger partial charge in [-0.2, -0.15) is 5.10 Å². The number of fused-ring (bicyclic) bond motifs is 2. The van der Waals surface area contributed by atoms with Crippen molar-refractivity contribution in [2.24, 2.45) is 0 Å². The van der Waals surface area contributed by atoms with Gasteiger partial charge in [-0.3, -0.25) is 34.0 Å². The van der Waals surface area contributed by atoms with Crippen LogP contribution in [0, 0.1) is 11.6 Å². The number of ether oxygens (including phenoxy) is 2. The van der Waals surface area contributed by atoms with Gasteiger partial charge in [0.1, 0.15) is 23.4 Å². The molecular weight excluding hydrogens is 751 g/mol. The van der Waals surface area contributed by atoms with Gasteiger partial charge >= 0.3 is 5.76 Å². The molecule has 6 heterocycles. The third-order valence-corrected chi connectivity index (χ3v) is 11.3. The molecule has 14 nitrogen and oxygen atoms in total. The highest BCUT2D eigenvalue weighted by Gasteiger charge is 2.31.